The van der Waals surface area contributed by atoms with Crippen LogP contribution in [0.2, 0.25) is 0 Å². The van der Waals surface area contributed by atoms with Gasteiger partial charge in [-0.1, -0.05) is 30.3 Å². The fourth-order valence-corrected chi connectivity index (χ4v) is 6.44. The molecule has 0 aliphatic carbocycles. The highest BCUT2D eigenvalue weighted by Crippen LogP contribution is 2.35. The number of aromatic nitrogens is 2. The second-order valence-corrected chi connectivity index (χ2v) is 11.3. The van der Waals surface area contributed by atoms with Crippen LogP contribution in [0.3, 0.4) is 0 Å². The third-order valence-corrected chi connectivity index (χ3v) is 8.77. The van der Waals surface area contributed by atoms with Crippen molar-refractivity contribution in [3.8, 4) is 6.01 Å². The van der Waals surface area contributed by atoms with Crippen LogP contribution in [-0.2, 0) is 17.8 Å². The first kappa shape index (κ1) is 27.4. The van der Waals surface area contributed by atoms with E-state index in [1.165, 1.54) is 46.2 Å². The van der Waals surface area contributed by atoms with Gasteiger partial charge in [0.2, 0.25) is 5.91 Å². The largest absolute Gasteiger partial charge is 0.462 e. The van der Waals surface area contributed by atoms with Gasteiger partial charge in [0.05, 0.1) is 12.2 Å². The molecule has 1 atom stereocenters. The molecule has 2 aromatic carbocycles. The van der Waals surface area contributed by atoms with Crippen LogP contribution in [0.25, 0.3) is 10.8 Å². The van der Waals surface area contributed by atoms with Crippen LogP contribution in [0.1, 0.15) is 29.7 Å². The number of alkyl halides is 1. The Labute approximate surface area is 241 Å². The van der Waals surface area contributed by atoms with E-state index in [0.717, 1.165) is 37.4 Å². The molecule has 4 heterocycles. The van der Waals surface area contributed by atoms with E-state index < -0.39 is 6.67 Å². The Morgan fingerprint density at radius 1 is 1.05 bits per heavy atom. The summed E-state index contributed by atoms with van der Waals surface area (Å²) in [5.74, 6) is 0.780. The third kappa shape index (κ3) is 5.73. The molecule has 0 radical (unpaired) electrons. The van der Waals surface area contributed by atoms with E-state index in [1.807, 2.05) is 0 Å². The molecule has 0 saturated carbocycles. The molecule has 3 aliphatic rings. The van der Waals surface area contributed by atoms with Crippen molar-refractivity contribution in [1.29, 1.82) is 0 Å². The Hall–Kier alpha value is -3.72. The first-order chi connectivity index (χ1) is 20.0. The lowest BCUT2D eigenvalue weighted by molar-refractivity contribution is -0.126. The lowest BCUT2D eigenvalue weighted by Crippen LogP contribution is -2.49. The number of amides is 1. The molecule has 1 aromatic heterocycles. The summed E-state index contributed by atoms with van der Waals surface area (Å²) in [5.41, 5.74) is 4.67. The number of nitrogens with zero attached hydrogens (tertiary/aromatic N) is 6. The molecule has 9 heteroatoms. The second-order valence-electron chi connectivity index (χ2n) is 11.3. The number of carbonyl (C=O) groups excluding carboxylic acids is 1. The molecule has 1 amide bonds. The Balaban J connectivity index is 1.28. The summed E-state index contributed by atoms with van der Waals surface area (Å²) in [7, 11) is 2.15. The SMILES string of the molecule is Cc1cccc2cccc(N3CCc4c(nc(OC[C@H]5CCCN5C)nc4N4CCN(C(=O)/C=C/CF)CC4)C3)c12. The first-order valence-electron chi connectivity index (χ1n) is 14.7. The highest BCUT2D eigenvalue weighted by Gasteiger charge is 2.30. The van der Waals surface area contributed by atoms with Gasteiger partial charge in [0.1, 0.15) is 19.1 Å². The zero-order valence-electron chi connectivity index (χ0n) is 24.1. The number of benzene rings is 2. The van der Waals surface area contributed by atoms with Gasteiger partial charge >= 0.3 is 6.01 Å². The van der Waals surface area contributed by atoms with Crippen molar-refractivity contribution < 1.29 is 13.9 Å². The zero-order chi connectivity index (χ0) is 28.3. The van der Waals surface area contributed by atoms with Crippen molar-refractivity contribution >= 4 is 28.2 Å². The van der Waals surface area contributed by atoms with Crippen LogP contribution in [0, 0.1) is 6.92 Å². The second kappa shape index (κ2) is 12.0. The number of hydrogen-bond acceptors (Lipinski definition) is 7. The quantitative estimate of drug-likeness (QED) is 0.404. The van der Waals surface area contributed by atoms with Crippen LogP contribution in [0.5, 0.6) is 6.01 Å². The molecular weight excluding hydrogens is 519 g/mol. The molecule has 3 aromatic rings. The number of fused-ring (bicyclic) bond motifs is 2. The maximum Gasteiger partial charge on any atom is 0.318 e. The summed E-state index contributed by atoms with van der Waals surface area (Å²) in [6.45, 7) is 7.22. The number of rotatable bonds is 7. The number of carbonyl (C=O) groups is 1. The van der Waals surface area contributed by atoms with Gasteiger partial charge in [0.25, 0.3) is 0 Å². The maximum absolute atomic E-state index is 12.5. The summed E-state index contributed by atoms with van der Waals surface area (Å²) in [6.07, 6.45) is 5.73. The molecule has 2 saturated heterocycles. The van der Waals surface area contributed by atoms with Crippen molar-refractivity contribution in [2.45, 2.75) is 38.8 Å². The zero-order valence-corrected chi connectivity index (χ0v) is 24.1. The van der Waals surface area contributed by atoms with E-state index in [1.54, 1.807) is 4.90 Å². The van der Waals surface area contributed by atoms with E-state index >= 15 is 0 Å². The lowest BCUT2D eigenvalue weighted by atomic mass is 9.99. The third-order valence-electron chi connectivity index (χ3n) is 8.77. The molecule has 0 N–H and O–H groups in total. The Kier molecular flexibility index (Phi) is 8.05. The van der Waals surface area contributed by atoms with E-state index in [4.69, 9.17) is 14.7 Å². The van der Waals surface area contributed by atoms with Crippen LogP contribution >= 0.6 is 0 Å². The van der Waals surface area contributed by atoms with Crippen molar-refractivity contribution in [2.75, 3.05) is 69.4 Å². The van der Waals surface area contributed by atoms with Crippen LogP contribution in [0.15, 0.2) is 48.6 Å². The van der Waals surface area contributed by atoms with Crippen molar-refractivity contribution in [1.82, 2.24) is 19.8 Å². The Morgan fingerprint density at radius 3 is 2.61 bits per heavy atom. The normalized spacial score (nSPS) is 19.8. The predicted molar refractivity (Wildman–Crippen MR) is 161 cm³/mol. The van der Waals surface area contributed by atoms with Crippen molar-refractivity contribution in [3.63, 3.8) is 0 Å². The highest BCUT2D eigenvalue weighted by atomic mass is 19.1. The number of ether oxygens (including phenoxy) is 1. The molecule has 8 nitrogen and oxygen atoms in total. The predicted octanol–water partition coefficient (Wildman–Crippen LogP) is 4.15. The van der Waals surface area contributed by atoms with Crippen LogP contribution in [0.4, 0.5) is 15.9 Å². The van der Waals surface area contributed by atoms with Gasteiger partial charge < -0.3 is 24.3 Å². The van der Waals surface area contributed by atoms with Gasteiger partial charge in [-0.15, -0.1) is 0 Å². The minimum atomic E-state index is -0.631. The maximum atomic E-state index is 12.5. The minimum absolute atomic E-state index is 0.141. The monoisotopic (exact) mass is 558 g/mol. The van der Waals surface area contributed by atoms with E-state index in [9.17, 15) is 9.18 Å². The lowest BCUT2D eigenvalue weighted by Gasteiger charge is -2.38. The molecule has 6 rings (SSSR count). The minimum Gasteiger partial charge on any atom is -0.462 e. The number of halogens is 1. The van der Waals surface area contributed by atoms with Gasteiger partial charge in [0.15, 0.2) is 0 Å². The van der Waals surface area contributed by atoms with Gasteiger partial charge in [-0.3, -0.25) is 4.79 Å². The van der Waals surface area contributed by atoms with Gasteiger partial charge in [-0.05, 0) is 62.9 Å². The smallest absolute Gasteiger partial charge is 0.318 e. The molecule has 216 valence electrons. The highest BCUT2D eigenvalue weighted by molar-refractivity contribution is 5.97. The van der Waals surface area contributed by atoms with E-state index in [-0.39, 0.29) is 5.91 Å². The first-order valence-corrected chi connectivity index (χ1v) is 14.7. The summed E-state index contributed by atoms with van der Waals surface area (Å²) in [5, 5.41) is 2.53. The molecular formula is C32H39FN6O2. The number of allylic oxidation sites excluding steroid dienone is 1. The van der Waals surface area contributed by atoms with Gasteiger partial charge in [0, 0.05) is 61.5 Å². The van der Waals surface area contributed by atoms with Crippen LogP contribution < -0.4 is 14.5 Å². The molecule has 41 heavy (non-hydrogen) atoms. The number of anilines is 2. The summed E-state index contributed by atoms with van der Waals surface area (Å²) in [4.78, 5) is 31.2. The summed E-state index contributed by atoms with van der Waals surface area (Å²) < 4.78 is 18.8. The molecule has 0 unspecified atom stereocenters. The topological polar surface area (TPSA) is 65.0 Å². The Bertz CT molecular complexity index is 1430. The standard InChI is InChI=1S/C32H39FN6O2/c1-23-7-3-8-24-9-4-11-28(30(23)24)39-16-13-26-27(21-39)34-32(41-22-25-10-6-15-36(25)2)35-31(26)38-19-17-37(18-20-38)29(40)12-5-14-33/h3-5,7-9,11-12,25H,6,10,13-22H2,1-2H3/b12-5+/t25-/m1/s1. The summed E-state index contributed by atoms with van der Waals surface area (Å²) >= 11 is 0. The fraction of sp³-hybridized carbons (Fsp3) is 0.469. The number of likely N-dealkylation sites (N-methyl/N-ethyl adjacent to an activating group) is 1. The molecule has 0 bridgehead atoms. The average molecular weight is 559 g/mol. The van der Waals surface area contributed by atoms with E-state index in [0.29, 0.717) is 51.4 Å². The van der Waals surface area contributed by atoms with E-state index in [2.05, 4.69) is 65.1 Å². The molecule has 0 spiro atoms. The summed E-state index contributed by atoms with van der Waals surface area (Å²) in [6, 6.07) is 13.8. The van der Waals surface area contributed by atoms with Gasteiger partial charge in [-0.25, -0.2) is 4.39 Å². The van der Waals surface area contributed by atoms with Gasteiger partial charge in [-0.2, -0.15) is 9.97 Å². The van der Waals surface area contributed by atoms with Crippen molar-refractivity contribution in [3.05, 3.63) is 65.4 Å². The fourth-order valence-electron chi connectivity index (χ4n) is 6.44. The van der Waals surface area contributed by atoms with Crippen LogP contribution in [-0.4, -0.2) is 91.3 Å². The number of hydrogen-bond donors (Lipinski definition) is 0. The Morgan fingerprint density at radius 2 is 1.85 bits per heavy atom. The number of likely N-dealkylation sites (tertiary alicyclic amines) is 1. The molecule has 2 fully saturated rings. The number of piperazine rings is 1. The number of aryl methyl sites for hydroxylation is 1. The molecule has 3 aliphatic heterocycles. The average Bonchev–Trinajstić information content (AvgIpc) is 3.42. The van der Waals surface area contributed by atoms with Crippen molar-refractivity contribution in [2.24, 2.45) is 0 Å².